The summed E-state index contributed by atoms with van der Waals surface area (Å²) in [5, 5.41) is 0. The number of nitrogens with zero attached hydrogens (tertiary/aromatic N) is 1. The Balaban J connectivity index is 2.30. The number of rotatable bonds is 1. The minimum Gasteiger partial charge on any atom is -0.309 e. The third kappa shape index (κ3) is 1.92. The van der Waals surface area contributed by atoms with Crippen LogP contribution in [-0.4, -0.2) is 9.97 Å². The summed E-state index contributed by atoms with van der Waals surface area (Å²) in [6.07, 6.45) is 6.53. The SMILES string of the molecule is O=c1[nH]c(C2CCCC2)ncc1I. The zero-order chi connectivity index (χ0) is 9.26. The molecule has 1 heterocycles. The molecule has 1 N–H and O–H groups in total. The van der Waals surface area contributed by atoms with Gasteiger partial charge in [0, 0.05) is 12.1 Å². The summed E-state index contributed by atoms with van der Waals surface area (Å²) in [6.45, 7) is 0. The van der Waals surface area contributed by atoms with Gasteiger partial charge in [0.05, 0.1) is 3.57 Å². The van der Waals surface area contributed by atoms with Crippen molar-refractivity contribution in [3.63, 3.8) is 0 Å². The minimum atomic E-state index is -0.00231. The highest BCUT2D eigenvalue weighted by molar-refractivity contribution is 14.1. The number of hydrogen-bond acceptors (Lipinski definition) is 2. The Morgan fingerprint density at radius 1 is 1.46 bits per heavy atom. The molecule has 1 aliphatic rings. The number of nitrogens with one attached hydrogen (secondary N) is 1. The van der Waals surface area contributed by atoms with Crippen LogP contribution in [-0.2, 0) is 0 Å². The third-order valence-electron chi connectivity index (χ3n) is 2.52. The summed E-state index contributed by atoms with van der Waals surface area (Å²) < 4.78 is 0.666. The number of H-pyrrole nitrogens is 1. The van der Waals surface area contributed by atoms with Crippen LogP contribution in [0.2, 0.25) is 0 Å². The lowest BCUT2D eigenvalue weighted by Gasteiger charge is -2.06. The standard InChI is InChI=1S/C9H11IN2O/c10-7-5-11-8(12-9(7)13)6-3-1-2-4-6/h5-6H,1-4H2,(H,11,12,13). The van der Waals surface area contributed by atoms with E-state index in [1.807, 2.05) is 22.6 Å². The van der Waals surface area contributed by atoms with Crippen LogP contribution in [0, 0.1) is 3.57 Å². The summed E-state index contributed by atoms with van der Waals surface area (Å²) in [4.78, 5) is 18.4. The first kappa shape index (κ1) is 9.18. The summed E-state index contributed by atoms with van der Waals surface area (Å²) in [5.41, 5.74) is -0.00231. The van der Waals surface area contributed by atoms with Gasteiger partial charge in [-0.05, 0) is 35.4 Å². The summed E-state index contributed by atoms with van der Waals surface area (Å²) in [5.74, 6) is 1.37. The molecule has 4 heteroatoms. The Morgan fingerprint density at radius 2 is 2.15 bits per heavy atom. The molecule has 0 atom stereocenters. The molecule has 70 valence electrons. The maximum Gasteiger partial charge on any atom is 0.264 e. The smallest absolute Gasteiger partial charge is 0.264 e. The van der Waals surface area contributed by atoms with E-state index in [4.69, 9.17) is 0 Å². The molecule has 1 aromatic heterocycles. The van der Waals surface area contributed by atoms with Gasteiger partial charge in [0.1, 0.15) is 5.82 Å². The van der Waals surface area contributed by atoms with E-state index >= 15 is 0 Å². The number of halogens is 1. The van der Waals surface area contributed by atoms with E-state index < -0.39 is 0 Å². The molecule has 1 fully saturated rings. The van der Waals surface area contributed by atoms with Gasteiger partial charge in [-0.1, -0.05) is 12.8 Å². The number of aromatic amines is 1. The van der Waals surface area contributed by atoms with E-state index in [0.29, 0.717) is 9.49 Å². The Kier molecular flexibility index (Phi) is 2.66. The zero-order valence-electron chi connectivity index (χ0n) is 7.22. The molecule has 1 aliphatic carbocycles. The normalized spacial score (nSPS) is 17.9. The molecule has 0 spiro atoms. The Bertz CT molecular complexity index is 355. The Labute approximate surface area is 90.1 Å². The van der Waals surface area contributed by atoms with Crippen molar-refractivity contribution in [2.24, 2.45) is 0 Å². The number of hydrogen-bond donors (Lipinski definition) is 1. The van der Waals surface area contributed by atoms with Crippen molar-refractivity contribution in [2.45, 2.75) is 31.6 Å². The lowest BCUT2D eigenvalue weighted by Crippen LogP contribution is -2.15. The molecule has 0 saturated heterocycles. The van der Waals surface area contributed by atoms with Gasteiger partial charge in [-0.2, -0.15) is 0 Å². The highest BCUT2D eigenvalue weighted by atomic mass is 127. The van der Waals surface area contributed by atoms with Crippen molar-refractivity contribution in [2.75, 3.05) is 0 Å². The highest BCUT2D eigenvalue weighted by Crippen LogP contribution is 2.31. The lowest BCUT2D eigenvalue weighted by atomic mass is 10.1. The molecule has 13 heavy (non-hydrogen) atoms. The van der Waals surface area contributed by atoms with Gasteiger partial charge in [-0.3, -0.25) is 4.79 Å². The molecule has 3 nitrogen and oxygen atoms in total. The van der Waals surface area contributed by atoms with Crippen LogP contribution in [0.3, 0.4) is 0 Å². The minimum absolute atomic E-state index is 0.00231. The quantitative estimate of drug-likeness (QED) is 0.804. The number of aromatic nitrogens is 2. The maximum atomic E-state index is 11.3. The molecule has 0 bridgehead atoms. The zero-order valence-corrected chi connectivity index (χ0v) is 9.37. The molecule has 1 aromatic rings. The van der Waals surface area contributed by atoms with Gasteiger partial charge in [-0.15, -0.1) is 0 Å². The second-order valence-electron chi connectivity index (χ2n) is 3.43. The molecule has 0 aliphatic heterocycles. The van der Waals surface area contributed by atoms with Crippen LogP contribution >= 0.6 is 22.6 Å². The summed E-state index contributed by atoms with van der Waals surface area (Å²) in [7, 11) is 0. The summed E-state index contributed by atoms with van der Waals surface area (Å²) in [6, 6.07) is 0. The van der Waals surface area contributed by atoms with Crippen molar-refractivity contribution in [3.8, 4) is 0 Å². The van der Waals surface area contributed by atoms with Gasteiger partial charge < -0.3 is 4.98 Å². The molecule has 0 amide bonds. The fourth-order valence-corrected chi connectivity index (χ4v) is 2.07. The topological polar surface area (TPSA) is 45.8 Å². The first-order chi connectivity index (χ1) is 6.27. The van der Waals surface area contributed by atoms with Gasteiger partial charge in [0.25, 0.3) is 5.56 Å². The molecule has 0 unspecified atom stereocenters. The van der Waals surface area contributed by atoms with Crippen molar-refractivity contribution in [3.05, 3.63) is 25.9 Å². The fraction of sp³-hybridized carbons (Fsp3) is 0.556. The molecule has 0 aromatic carbocycles. The largest absolute Gasteiger partial charge is 0.309 e. The monoisotopic (exact) mass is 290 g/mol. The van der Waals surface area contributed by atoms with Crippen LogP contribution in [0.5, 0.6) is 0 Å². The fourth-order valence-electron chi connectivity index (χ4n) is 1.80. The maximum absolute atomic E-state index is 11.3. The third-order valence-corrected chi connectivity index (χ3v) is 3.29. The van der Waals surface area contributed by atoms with E-state index in [9.17, 15) is 4.79 Å². The Morgan fingerprint density at radius 3 is 2.77 bits per heavy atom. The Hall–Kier alpha value is -0.390. The highest BCUT2D eigenvalue weighted by Gasteiger charge is 2.19. The average Bonchev–Trinajstić information content (AvgIpc) is 2.62. The predicted molar refractivity (Wildman–Crippen MR) is 58.8 cm³/mol. The van der Waals surface area contributed by atoms with Crippen molar-refractivity contribution < 1.29 is 0 Å². The first-order valence-corrected chi connectivity index (χ1v) is 5.60. The van der Waals surface area contributed by atoms with E-state index in [2.05, 4.69) is 9.97 Å². The van der Waals surface area contributed by atoms with E-state index in [1.165, 1.54) is 25.7 Å². The van der Waals surface area contributed by atoms with Crippen LogP contribution in [0.15, 0.2) is 11.0 Å². The van der Waals surface area contributed by atoms with Crippen LogP contribution < -0.4 is 5.56 Å². The van der Waals surface area contributed by atoms with Gasteiger partial charge in [0.2, 0.25) is 0 Å². The van der Waals surface area contributed by atoms with Crippen LogP contribution in [0.1, 0.15) is 37.4 Å². The van der Waals surface area contributed by atoms with E-state index in [0.717, 1.165) is 5.82 Å². The average molecular weight is 290 g/mol. The van der Waals surface area contributed by atoms with Gasteiger partial charge in [-0.25, -0.2) is 4.98 Å². The van der Waals surface area contributed by atoms with Crippen LogP contribution in [0.4, 0.5) is 0 Å². The van der Waals surface area contributed by atoms with Gasteiger partial charge >= 0.3 is 0 Å². The van der Waals surface area contributed by atoms with E-state index in [-0.39, 0.29) is 5.56 Å². The summed E-state index contributed by atoms with van der Waals surface area (Å²) >= 11 is 2.00. The molecular weight excluding hydrogens is 279 g/mol. The van der Waals surface area contributed by atoms with Crippen LogP contribution in [0.25, 0.3) is 0 Å². The van der Waals surface area contributed by atoms with Gasteiger partial charge in [0.15, 0.2) is 0 Å². The van der Waals surface area contributed by atoms with Crippen molar-refractivity contribution in [1.29, 1.82) is 0 Å². The molecule has 2 rings (SSSR count). The lowest BCUT2D eigenvalue weighted by molar-refractivity contribution is 0.662. The predicted octanol–water partition coefficient (Wildman–Crippen LogP) is 2.03. The molecule has 0 radical (unpaired) electrons. The van der Waals surface area contributed by atoms with Crippen molar-refractivity contribution >= 4 is 22.6 Å². The van der Waals surface area contributed by atoms with E-state index in [1.54, 1.807) is 6.20 Å². The second kappa shape index (κ2) is 3.77. The van der Waals surface area contributed by atoms with Crippen molar-refractivity contribution in [1.82, 2.24) is 9.97 Å². The second-order valence-corrected chi connectivity index (χ2v) is 4.59. The molecular formula is C9H11IN2O. The molecule has 1 saturated carbocycles. The first-order valence-electron chi connectivity index (χ1n) is 4.52.